The number of amides is 2. The van der Waals surface area contributed by atoms with E-state index in [1.807, 2.05) is 0 Å². The van der Waals surface area contributed by atoms with Crippen LogP contribution in [-0.4, -0.2) is 36.8 Å². The normalized spacial score (nSPS) is 17.0. The number of ether oxygens (including phenoxy) is 1. The molecule has 0 radical (unpaired) electrons. The second-order valence-corrected chi connectivity index (χ2v) is 7.68. The summed E-state index contributed by atoms with van der Waals surface area (Å²) in [5, 5.41) is 10.3. The molecular formula is C23H28N4O5. The molecule has 9 heteroatoms. The highest BCUT2D eigenvalue weighted by atomic mass is 16.5. The van der Waals surface area contributed by atoms with Crippen LogP contribution in [0.4, 0.5) is 5.69 Å². The van der Waals surface area contributed by atoms with E-state index in [1.54, 1.807) is 42.2 Å². The van der Waals surface area contributed by atoms with Gasteiger partial charge >= 0.3 is 5.97 Å². The number of furan rings is 1. The highest BCUT2D eigenvalue weighted by molar-refractivity contribution is 5.99. The van der Waals surface area contributed by atoms with Gasteiger partial charge in [-0.1, -0.05) is 0 Å². The number of hydrogen-bond acceptors (Lipinski definition) is 6. The van der Waals surface area contributed by atoms with Gasteiger partial charge in [-0.3, -0.25) is 19.8 Å². The number of rotatable bonds is 9. The highest BCUT2D eigenvalue weighted by Crippen LogP contribution is 2.27. The Morgan fingerprint density at radius 2 is 2.06 bits per heavy atom. The molecule has 0 spiro atoms. The molecule has 3 rings (SSSR count). The molecule has 2 atom stereocenters. The van der Waals surface area contributed by atoms with Crippen molar-refractivity contribution >= 4 is 29.3 Å². The summed E-state index contributed by atoms with van der Waals surface area (Å²) in [5.74, 6) is -1.34. The fraction of sp³-hybridized carbons (Fsp3) is 0.391. The molecule has 9 nitrogen and oxygen atoms in total. The van der Waals surface area contributed by atoms with Gasteiger partial charge in [0, 0.05) is 35.7 Å². The summed E-state index contributed by atoms with van der Waals surface area (Å²) in [6, 6.07) is 8.01. The lowest BCUT2D eigenvalue weighted by Crippen LogP contribution is -2.43. The molecule has 4 N–H and O–H groups in total. The van der Waals surface area contributed by atoms with Crippen molar-refractivity contribution < 1.29 is 23.5 Å². The fourth-order valence-electron chi connectivity index (χ4n) is 3.81. The highest BCUT2D eigenvalue weighted by Gasteiger charge is 2.32. The van der Waals surface area contributed by atoms with Crippen LogP contribution in [0.2, 0.25) is 0 Å². The Balaban J connectivity index is 1.64. The average Bonchev–Trinajstić information content (AvgIpc) is 3.30. The summed E-state index contributed by atoms with van der Waals surface area (Å²) in [6.45, 7) is 2.54. The van der Waals surface area contributed by atoms with Crippen LogP contribution >= 0.6 is 0 Å². The molecule has 0 aliphatic carbocycles. The first-order valence-electron chi connectivity index (χ1n) is 10.6. The van der Waals surface area contributed by atoms with Crippen LogP contribution in [0.25, 0.3) is 0 Å². The van der Waals surface area contributed by atoms with Crippen molar-refractivity contribution in [1.82, 2.24) is 5.32 Å². The molecule has 1 aromatic heterocycles. The van der Waals surface area contributed by atoms with Crippen LogP contribution in [0.3, 0.4) is 0 Å². The Bertz CT molecular complexity index is 955. The van der Waals surface area contributed by atoms with E-state index in [-0.39, 0.29) is 37.1 Å². The van der Waals surface area contributed by atoms with Crippen molar-refractivity contribution in [2.45, 2.75) is 38.6 Å². The van der Waals surface area contributed by atoms with Gasteiger partial charge in [-0.05, 0) is 50.1 Å². The van der Waals surface area contributed by atoms with Crippen molar-refractivity contribution in [3.8, 4) is 0 Å². The number of esters is 1. The van der Waals surface area contributed by atoms with E-state index in [0.717, 1.165) is 6.42 Å². The molecule has 1 saturated heterocycles. The summed E-state index contributed by atoms with van der Waals surface area (Å²) in [6.07, 6.45) is 4.33. The largest absolute Gasteiger partial charge is 0.472 e. The summed E-state index contributed by atoms with van der Waals surface area (Å²) in [4.78, 5) is 39.4. The number of hydrogen-bond donors (Lipinski definition) is 3. The first kappa shape index (κ1) is 23.1. The predicted molar refractivity (Wildman–Crippen MR) is 118 cm³/mol. The van der Waals surface area contributed by atoms with Crippen molar-refractivity contribution in [2.75, 3.05) is 18.1 Å². The monoisotopic (exact) mass is 440 g/mol. The molecule has 0 saturated carbocycles. The van der Waals surface area contributed by atoms with Crippen LogP contribution < -0.4 is 16.0 Å². The molecular weight excluding hydrogens is 412 g/mol. The summed E-state index contributed by atoms with van der Waals surface area (Å²) < 4.78 is 10.1. The van der Waals surface area contributed by atoms with Gasteiger partial charge in [0.1, 0.15) is 5.84 Å². The number of amidine groups is 1. The number of nitrogens with one attached hydrogen (secondary N) is 2. The van der Waals surface area contributed by atoms with Crippen molar-refractivity contribution in [1.29, 1.82) is 5.41 Å². The van der Waals surface area contributed by atoms with E-state index in [0.29, 0.717) is 29.8 Å². The molecule has 1 unspecified atom stereocenters. The molecule has 2 amide bonds. The number of nitrogen functional groups attached to an aromatic ring is 1. The number of carbonyl (C=O) groups is 3. The van der Waals surface area contributed by atoms with E-state index in [9.17, 15) is 14.4 Å². The minimum atomic E-state index is -0.589. The van der Waals surface area contributed by atoms with Crippen LogP contribution in [0.5, 0.6) is 0 Å². The van der Waals surface area contributed by atoms with E-state index < -0.39 is 17.9 Å². The first-order valence-corrected chi connectivity index (χ1v) is 10.6. The molecule has 32 heavy (non-hydrogen) atoms. The standard InChI is InChI=1S/C23H28N4O5/c1-2-32-21(29)13-19(17-9-11-31-14-17)26-20(28)12-16-4-3-10-27(23(16)30)18-7-5-15(6-8-18)22(24)25/h5-9,11,14,16,19H,2-4,10,12-13H2,1H3,(H3,24,25)(H,26,28)/t16-,19?/m0/s1. The number of benzene rings is 1. The maximum atomic E-state index is 13.0. The van der Waals surface area contributed by atoms with Crippen LogP contribution in [0.1, 0.15) is 49.8 Å². The predicted octanol–water partition coefficient (Wildman–Crippen LogP) is 2.51. The quantitative estimate of drug-likeness (QED) is 0.311. The van der Waals surface area contributed by atoms with E-state index in [1.165, 1.54) is 12.5 Å². The smallest absolute Gasteiger partial charge is 0.308 e. The topological polar surface area (TPSA) is 139 Å². The van der Waals surface area contributed by atoms with Crippen LogP contribution in [-0.2, 0) is 19.1 Å². The summed E-state index contributed by atoms with van der Waals surface area (Å²) in [7, 11) is 0. The molecule has 1 aliphatic heterocycles. The lowest BCUT2D eigenvalue weighted by molar-refractivity contribution is -0.144. The SMILES string of the molecule is CCOC(=O)CC(NC(=O)C[C@@H]1CCCN(c2ccc(C(=N)N)cc2)C1=O)c1ccoc1. The van der Waals surface area contributed by atoms with E-state index in [4.69, 9.17) is 20.3 Å². The number of anilines is 1. The zero-order valence-corrected chi connectivity index (χ0v) is 18.0. The van der Waals surface area contributed by atoms with Gasteiger partial charge in [0.05, 0.1) is 31.6 Å². The number of carbonyl (C=O) groups excluding carboxylic acids is 3. The van der Waals surface area contributed by atoms with E-state index in [2.05, 4.69) is 5.32 Å². The van der Waals surface area contributed by atoms with Gasteiger partial charge in [0.2, 0.25) is 11.8 Å². The molecule has 1 aromatic carbocycles. The number of piperidine rings is 1. The third-order valence-corrected chi connectivity index (χ3v) is 5.43. The van der Waals surface area contributed by atoms with Crippen molar-refractivity contribution in [3.63, 3.8) is 0 Å². The lowest BCUT2D eigenvalue weighted by Gasteiger charge is -2.32. The zero-order chi connectivity index (χ0) is 23.1. The van der Waals surface area contributed by atoms with Gasteiger partial charge in [0.15, 0.2) is 0 Å². The number of nitrogens with two attached hydrogens (primary N) is 1. The molecule has 1 fully saturated rings. The Kier molecular flexibility index (Phi) is 7.64. The Hall–Kier alpha value is -3.62. The van der Waals surface area contributed by atoms with E-state index >= 15 is 0 Å². The Labute approximate surface area is 186 Å². The first-order chi connectivity index (χ1) is 15.4. The van der Waals surface area contributed by atoms with Gasteiger partial charge in [-0.2, -0.15) is 0 Å². The molecule has 170 valence electrons. The zero-order valence-electron chi connectivity index (χ0n) is 18.0. The maximum Gasteiger partial charge on any atom is 0.308 e. The van der Waals surface area contributed by atoms with Gasteiger partial charge in [0.25, 0.3) is 0 Å². The summed E-state index contributed by atoms with van der Waals surface area (Å²) >= 11 is 0. The number of nitrogens with zero attached hydrogens (tertiary/aromatic N) is 1. The minimum Gasteiger partial charge on any atom is -0.472 e. The molecule has 2 aromatic rings. The minimum absolute atomic E-state index is 0.0215. The third kappa shape index (κ3) is 5.75. The second kappa shape index (κ2) is 10.6. The third-order valence-electron chi connectivity index (χ3n) is 5.43. The molecule has 2 heterocycles. The Morgan fingerprint density at radius 3 is 2.69 bits per heavy atom. The average molecular weight is 441 g/mol. The van der Waals surface area contributed by atoms with Gasteiger partial charge in [-0.15, -0.1) is 0 Å². The Morgan fingerprint density at radius 1 is 1.31 bits per heavy atom. The van der Waals surface area contributed by atoms with Crippen molar-refractivity contribution in [2.24, 2.45) is 11.7 Å². The van der Waals surface area contributed by atoms with Crippen LogP contribution in [0, 0.1) is 11.3 Å². The fourth-order valence-corrected chi connectivity index (χ4v) is 3.81. The molecule has 1 aliphatic rings. The van der Waals surface area contributed by atoms with Gasteiger partial charge < -0.3 is 25.1 Å². The second-order valence-electron chi connectivity index (χ2n) is 7.68. The van der Waals surface area contributed by atoms with Gasteiger partial charge in [-0.25, -0.2) is 0 Å². The molecule has 0 bridgehead atoms. The lowest BCUT2D eigenvalue weighted by atomic mass is 9.92. The van der Waals surface area contributed by atoms with Crippen LogP contribution in [0.15, 0.2) is 47.3 Å². The van der Waals surface area contributed by atoms with Crippen molar-refractivity contribution in [3.05, 3.63) is 54.0 Å². The summed E-state index contributed by atoms with van der Waals surface area (Å²) in [5.41, 5.74) is 7.45. The maximum absolute atomic E-state index is 13.0.